The Morgan fingerprint density at radius 1 is 1.43 bits per heavy atom. The predicted octanol–water partition coefficient (Wildman–Crippen LogP) is 3.98. The van der Waals surface area contributed by atoms with Crippen molar-refractivity contribution < 1.29 is 22.7 Å². The molecule has 0 saturated carbocycles. The van der Waals surface area contributed by atoms with Crippen LogP contribution in [0.5, 0.6) is 0 Å². The summed E-state index contributed by atoms with van der Waals surface area (Å²) in [6.07, 6.45) is -2.33. The molecule has 4 nitrogen and oxygen atoms in total. The number of benzene rings is 1. The minimum absolute atomic E-state index is 0.0283. The van der Waals surface area contributed by atoms with E-state index in [4.69, 9.17) is 4.74 Å². The molecule has 1 aliphatic heterocycles. The van der Waals surface area contributed by atoms with Crippen LogP contribution in [0.1, 0.15) is 12.8 Å². The Labute approximate surface area is 137 Å². The number of hydrogen-bond donors (Lipinski definition) is 1. The fourth-order valence-corrected chi connectivity index (χ4v) is 3.01. The maximum absolute atomic E-state index is 12.4. The molecule has 1 atom stereocenters. The lowest BCUT2D eigenvalue weighted by Crippen LogP contribution is -2.37. The molecule has 23 heavy (non-hydrogen) atoms. The Morgan fingerprint density at radius 2 is 2.17 bits per heavy atom. The quantitative estimate of drug-likeness (QED) is 0.818. The first-order valence-corrected chi connectivity index (χ1v) is 8.26. The van der Waals surface area contributed by atoms with Gasteiger partial charge in [0.1, 0.15) is 0 Å². The van der Waals surface area contributed by atoms with Gasteiger partial charge in [0.15, 0.2) is 0 Å². The van der Waals surface area contributed by atoms with Gasteiger partial charge in [-0.2, -0.15) is 13.2 Å². The van der Waals surface area contributed by atoms with Crippen LogP contribution in [0.25, 0.3) is 0 Å². The number of ether oxygens (including phenoxy) is 1. The van der Waals surface area contributed by atoms with E-state index in [2.05, 4.69) is 5.32 Å². The van der Waals surface area contributed by atoms with Crippen LogP contribution in [0.4, 0.5) is 23.7 Å². The van der Waals surface area contributed by atoms with Crippen molar-refractivity contribution in [2.75, 3.05) is 31.3 Å². The van der Waals surface area contributed by atoms with Crippen molar-refractivity contribution in [1.29, 1.82) is 0 Å². The van der Waals surface area contributed by atoms with E-state index in [9.17, 15) is 18.0 Å². The maximum Gasteiger partial charge on any atom is 0.398 e. The first-order chi connectivity index (χ1) is 10.8. The van der Waals surface area contributed by atoms with Gasteiger partial charge in [0.25, 0.3) is 0 Å². The zero-order valence-electron chi connectivity index (χ0n) is 12.7. The number of carbonyl (C=O) groups is 1. The van der Waals surface area contributed by atoms with Gasteiger partial charge in [-0.3, -0.25) is 0 Å². The molecular formula is C15H19F3N2O2S. The average Bonchev–Trinajstić information content (AvgIpc) is 2.98. The molecule has 0 radical (unpaired) electrons. The number of thioether (sulfide) groups is 1. The molecule has 1 saturated heterocycles. The lowest BCUT2D eigenvalue weighted by atomic mass is 10.2. The zero-order chi connectivity index (χ0) is 16.9. The summed E-state index contributed by atoms with van der Waals surface area (Å²) in [6.45, 7) is 1.17. The molecular weight excluding hydrogens is 329 g/mol. The molecule has 128 valence electrons. The average molecular weight is 348 g/mol. The topological polar surface area (TPSA) is 41.6 Å². The van der Waals surface area contributed by atoms with Crippen LogP contribution < -0.4 is 5.32 Å². The van der Waals surface area contributed by atoms with Crippen molar-refractivity contribution in [2.45, 2.75) is 30.0 Å². The number of urea groups is 1. The monoisotopic (exact) mass is 348 g/mol. The Kier molecular flexibility index (Phi) is 6.17. The molecule has 2 amide bonds. The SMILES string of the molecule is CN(CC1CCCO1)C(=O)Nc1ccccc1SCC(F)(F)F. The summed E-state index contributed by atoms with van der Waals surface area (Å²) in [5.41, 5.74) is 0.381. The summed E-state index contributed by atoms with van der Waals surface area (Å²) >= 11 is 0.658. The molecule has 1 aliphatic rings. The molecule has 0 aliphatic carbocycles. The first kappa shape index (κ1) is 17.9. The molecule has 8 heteroatoms. The number of halogens is 3. The van der Waals surface area contributed by atoms with Gasteiger partial charge < -0.3 is 15.0 Å². The van der Waals surface area contributed by atoms with E-state index in [1.165, 1.54) is 4.90 Å². The molecule has 1 aromatic rings. The number of rotatable bonds is 5. The van der Waals surface area contributed by atoms with Gasteiger partial charge in [-0.05, 0) is 25.0 Å². The van der Waals surface area contributed by atoms with E-state index >= 15 is 0 Å². The second kappa shape index (κ2) is 7.92. The van der Waals surface area contributed by atoms with Crippen molar-refractivity contribution in [1.82, 2.24) is 4.90 Å². The van der Waals surface area contributed by atoms with E-state index in [1.807, 2.05) is 0 Å². The van der Waals surface area contributed by atoms with E-state index in [1.54, 1.807) is 31.3 Å². The van der Waals surface area contributed by atoms with Gasteiger partial charge in [-0.1, -0.05) is 12.1 Å². The third kappa shape index (κ3) is 5.95. The second-order valence-corrected chi connectivity index (χ2v) is 6.36. The first-order valence-electron chi connectivity index (χ1n) is 7.27. The minimum atomic E-state index is -4.25. The fourth-order valence-electron chi connectivity index (χ4n) is 2.24. The summed E-state index contributed by atoms with van der Waals surface area (Å²) in [4.78, 5) is 14.1. The molecule has 0 spiro atoms. The predicted molar refractivity (Wildman–Crippen MR) is 83.8 cm³/mol. The van der Waals surface area contributed by atoms with Crippen LogP contribution in [-0.4, -0.2) is 49.2 Å². The van der Waals surface area contributed by atoms with Gasteiger partial charge in [-0.15, -0.1) is 11.8 Å². The van der Waals surface area contributed by atoms with Gasteiger partial charge in [0.2, 0.25) is 0 Å². The largest absolute Gasteiger partial charge is 0.398 e. The standard InChI is InChI=1S/C15H19F3N2O2S/c1-20(9-11-5-4-8-22-11)14(21)19-12-6-2-3-7-13(12)23-10-15(16,17)18/h2-3,6-7,11H,4-5,8-10H2,1H3,(H,19,21). The highest BCUT2D eigenvalue weighted by molar-refractivity contribution is 7.99. The van der Waals surface area contributed by atoms with E-state index in [0.29, 0.717) is 35.5 Å². The smallest absolute Gasteiger partial charge is 0.376 e. The van der Waals surface area contributed by atoms with E-state index in [0.717, 1.165) is 12.8 Å². The van der Waals surface area contributed by atoms with Gasteiger partial charge in [-0.25, -0.2) is 4.79 Å². The maximum atomic E-state index is 12.4. The van der Waals surface area contributed by atoms with Gasteiger partial charge in [0, 0.05) is 25.1 Å². The van der Waals surface area contributed by atoms with Crippen LogP contribution in [-0.2, 0) is 4.74 Å². The Morgan fingerprint density at radius 3 is 2.83 bits per heavy atom. The number of nitrogens with one attached hydrogen (secondary N) is 1. The number of para-hydroxylation sites is 1. The van der Waals surface area contributed by atoms with Crippen molar-refractivity contribution in [2.24, 2.45) is 0 Å². The third-order valence-electron chi connectivity index (χ3n) is 3.37. The highest BCUT2D eigenvalue weighted by Crippen LogP contribution is 2.32. The van der Waals surface area contributed by atoms with Crippen LogP contribution in [0, 0.1) is 0 Å². The highest BCUT2D eigenvalue weighted by Gasteiger charge is 2.28. The van der Waals surface area contributed by atoms with Gasteiger partial charge in [0.05, 0.1) is 17.5 Å². The molecule has 1 N–H and O–H groups in total. The van der Waals surface area contributed by atoms with Crippen LogP contribution in [0.2, 0.25) is 0 Å². The third-order valence-corrected chi connectivity index (χ3v) is 4.51. The van der Waals surface area contributed by atoms with E-state index in [-0.39, 0.29) is 12.1 Å². The molecule has 1 unspecified atom stereocenters. The number of anilines is 1. The number of nitrogens with zero attached hydrogens (tertiary/aromatic N) is 1. The molecule has 2 rings (SSSR count). The number of likely N-dealkylation sites (N-methyl/N-ethyl adjacent to an activating group) is 1. The minimum Gasteiger partial charge on any atom is -0.376 e. The Balaban J connectivity index is 1.94. The zero-order valence-corrected chi connectivity index (χ0v) is 13.5. The fraction of sp³-hybridized carbons (Fsp3) is 0.533. The van der Waals surface area contributed by atoms with Crippen molar-refractivity contribution in [3.8, 4) is 0 Å². The molecule has 1 aromatic carbocycles. The summed E-state index contributed by atoms with van der Waals surface area (Å²) in [7, 11) is 1.64. The highest BCUT2D eigenvalue weighted by atomic mass is 32.2. The lowest BCUT2D eigenvalue weighted by Gasteiger charge is -2.22. The summed E-state index contributed by atoms with van der Waals surface area (Å²) in [6, 6.07) is 6.11. The summed E-state index contributed by atoms with van der Waals surface area (Å²) in [5.74, 6) is -0.994. The van der Waals surface area contributed by atoms with Crippen LogP contribution >= 0.6 is 11.8 Å². The summed E-state index contributed by atoms with van der Waals surface area (Å²) in [5, 5.41) is 2.66. The van der Waals surface area contributed by atoms with Gasteiger partial charge >= 0.3 is 12.2 Å². The number of alkyl halides is 3. The van der Waals surface area contributed by atoms with E-state index < -0.39 is 11.9 Å². The number of hydrogen-bond acceptors (Lipinski definition) is 3. The van der Waals surface area contributed by atoms with Crippen molar-refractivity contribution in [3.05, 3.63) is 24.3 Å². The van der Waals surface area contributed by atoms with Crippen LogP contribution in [0.15, 0.2) is 29.2 Å². The second-order valence-electron chi connectivity index (χ2n) is 5.35. The normalized spacial score (nSPS) is 18.0. The molecule has 0 bridgehead atoms. The van der Waals surface area contributed by atoms with Crippen LogP contribution in [0.3, 0.4) is 0 Å². The lowest BCUT2D eigenvalue weighted by molar-refractivity contribution is -0.105. The number of carbonyl (C=O) groups excluding carboxylic acids is 1. The molecule has 1 heterocycles. The number of amides is 2. The van der Waals surface area contributed by atoms with Crippen molar-refractivity contribution >= 4 is 23.5 Å². The molecule has 0 aromatic heterocycles. The Hall–Kier alpha value is -1.41. The Bertz CT molecular complexity index is 534. The van der Waals surface area contributed by atoms with Crippen molar-refractivity contribution in [3.63, 3.8) is 0 Å². The summed E-state index contributed by atoms with van der Waals surface area (Å²) < 4.78 is 42.6. The molecule has 1 fully saturated rings.